The Balaban J connectivity index is 2.39. The molecule has 21 heavy (non-hydrogen) atoms. The Kier molecular flexibility index (Phi) is 5.06. The van der Waals surface area contributed by atoms with Crippen LogP contribution in [0, 0.1) is 0 Å². The number of benzene rings is 1. The minimum absolute atomic E-state index is 0.151. The van der Waals surface area contributed by atoms with E-state index in [1.165, 1.54) is 7.11 Å². The lowest BCUT2D eigenvalue weighted by molar-refractivity contribution is -0.145. The van der Waals surface area contributed by atoms with Crippen molar-refractivity contribution in [3.05, 3.63) is 22.2 Å². The van der Waals surface area contributed by atoms with Crippen molar-refractivity contribution >= 4 is 27.8 Å². The molecule has 1 heterocycles. The van der Waals surface area contributed by atoms with Crippen LogP contribution in [0.2, 0.25) is 0 Å². The van der Waals surface area contributed by atoms with Crippen molar-refractivity contribution in [3.8, 4) is 11.5 Å². The molecule has 0 unspecified atom stereocenters. The van der Waals surface area contributed by atoms with Crippen molar-refractivity contribution in [1.82, 2.24) is 5.32 Å². The summed E-state index contributed by atoms with van der Waals surface area (Å²) in [7, 11) is 2.84. The van der Waals surface area contributed by atoms with Gasteiger partial charge in [-0.3, -0.25) is 4.79 Å². The van der Waals surface area contributed by atoms with E-state index >= 15 is 0 Å². The average molecular weight is 358 g/mol. The number of halogens is 1. The molecule has 0 aliphatic carbocycles. The Labute approximate surface area is 130 Å². The van der Waals surface area contributed by atoms with Crippen molar-refractivity contribution in [1.29, 1.82) is 0 Å². The van der Waals surface area contributed by atoms with Gasteiger partial charge in [0.15, 0.2) is 11.5 Å². The molecule has 2 rings (SSSR count). The van der Waals surface area contributed by atoms with Gasteiger partial charge in [-0.2, -0.15) is 0 Å². The van der Waals surface area contributed by atoms with E-state index in [0.29, 0.717) is 17.9 Å². The summed E-state index contributed by atoms with van der Waals surface area (Å²) in [6.07, 6.45) is 0.468. The molecule has 0 fully saturated rings. The van der Waals surface area contributed by atoms with E-state index in [9.17, 15) is 9.59 Å². The van der Waals surface area contributed by atoms with Gasteiger partial charge in [0.2, 0.25) is 5.91 Å². The van der Waals surface area contributed by atoms with Crippen molar-refractivity contribution in [3.63, 3.8) is 0 Å². The van der Waals surface area contributed by atoms with Gasteiger partial charge in [0.05, 0.1) is 31.7 Å². The van der Waals surface area contributed by atoms with Gasteiger partial charge < -0.3 is 19.5 Å². The number of rotatable bonds is 2. The fraction of sp³-hybridized carbons (Fsp3) is 0.429. The van der Waals surface area contributed by atoms with Crippen LogP contribution in [0.4, 0.5) is 0 Å². The third kappa shape index (κ3) is 3.66. The number of ether oxygens (including phenoxy) is 3. The molecule has 1 aromatic rings. The lowest BCUT2D eigenvalue weighted by Crippen LogP contribution is -2.43. The van der Waals surface area contributed by atoms with Crippen molar-refractivity contribution < 1.29 is 23.8 Å². The Bertz CT molecular complexity index is 561. The van der Waals surface area contributed by atoms with Gasteiger partial charge in [-0.15, -0.1) is 0 Å². The number of hydrogen-bond acceptors (Lipinski definition) is 5. The molecule has 0 saturated carbocycles. The molecule has 1 N–H and O–H groups in total. The quantitative estimate of drug-likeness (QED) is 0.810. The third-order valence-corrected chi connectivity index (χ3v) is 3.71. The first-order chi connectivity index (χ1) is 10.0. The zero-order chi connectivity index (χ0) is 15.4. The van der Waals surface area contributed by atoms with Gasteiger partial charge in [-0.1, -0.05) is 0 Å². The Morgan fingerprint density at radius 3 is 2.86 bits per heavy atom. The maximum Gasteiger partial charge on any atom is 0.328 e. The van der Waals surface area contributed by atoms with Crippen LogP contribution >= 0.6 is 15.9 Å². The van der Waals surface area contributed by atoms with E-state index in [2.05, 4.69) is 21.2 Å². The van der Waals surface area contributed by atoms with Crippen molar-refractivity contribution in [2.75, 3.05) is 20.8 Å². The molecular weight excluding hydrogens is 342 g/mol. The average Bonchev–Trinajstić information content (AvgIpc) is 2.45. The molecule has 2 bridgehead atoms. The standard InChI is InChI=1S/C14H16BrNO5/c1-19-13-9(15)5-8-6-10(14(18)20-2)16-12(17)3-4-21-11(13)7-8/h5,7,10H,3-4,6H2,1-2H3,(H,16,17)/t10-/m0/s1. The molecule has 1 aliphatic rings. The summed E-state index contributed by atoms with van der Waals surface area (Å²) in [5.41, 5.74) is 0.829. The van der Waals surface area contributed by atoms with Crippen LogP contribution in [0.1, 0.15) is 12.0 Å². The zero-order valence-electron chi connectivity index (χ0n) is 11.8. The highest BCUT2D eigenvalue weighted by atomic mass is 79.9. The molecule has 0 spiro atoms. The van der Waals surface area contributed by atoms with Gasteiger partial charge >= 0.3 is 5.97 Å². The Hall–Kier alpha value is -1.76. The topological polar surface area (TPSA) is 73.9 Å². The second-order valence-corrected chi connectivity index (χ2v) is 5.41. The van der Waals surface area contributed by atoms with Crippen molar-refractivity contribution in [2.24, 2.45) is 0 Å². The first kappa shape index (κ1) is 15.6. The predicted octanol–water partition coefficient (Wildman–Crippen LogP) is 1.44. The molecule has 114 valence electrons. The molecule has 1 atom stereocenters. The van der Waals surface area contributed by atoms with E-state index in [4.69, 9.17) is 14.2 Å². The van der Waals surface area contributed by atoms with Crippen LogP contribution < -0.4 is 14.8 Å². The summed E-state index contributed by atoms with van der Waals surface area (Å²) in [4.78, 5) is 23.6. The molecule has 0 aromatic heterocycles. The maximum atomic E-state index is 11.8. The number of carbonyl (C=O) groups excluding carboxylic acids is 2. The largest absolute Gasteiger partial charge is 0.492 e. The summed E-state index contributed by atoms with van der Waals surface area (Å²) in [6, 6.07) is 2.92. The van der Waals surface area contributed by atoms with E-state index < -0.39 is 12.0 Å². The SMILES string of the molecule is COC(=O)[C@@H]1Cc2cc(Br)c(OC)c(c2)OCCC(=O)N1. The van der Waals surface area contributed by atoms with E-state index in [1.807, 2.05) is 6.07 Å². The molecule has 7 heteroatoms. The second kappa shape index (κ2) is 6.80. The first-order valence-corrected chi connectivity index (χ1v) is 7.21. The number of hydrogen-bond donors (Lipinski definition) is 1. The van der Waals surface area contributed by atoms with Gasteiger partial charge in [-0.05, 0) is 33.6 Å². The summed E-state index contributed by atoms with van der Waals surface area (Å²) in [5, 5.41) is 2.65. The van der Waals surface area contributed by atoms with Gasteiger partial charge in [0, 0.05) is 6.42 Å². The van der Waals surface area contributed by atoms with Crippen LogP contribution in [0.5, 0.6) is 11.5 Å². The minimum Gasteiger partial charge on any atom is -0.492 e. The summed E-state index contributed by atoms with van der Waals surface area (Å²) < 4.78 is 16.3. The molecule has 1 aromatic carbocycles. The van der Waals surface area contributed by atoms with Crippen molar-refractivity contribution in [2.45, 2.75) is 18.9 Å². The number of carbonyl (C=O) groups is 2. The van der Waals surface area contributed by atoms with Crippen LogP contribution in [-0.4, -0.2) is 38.7 Å². The Morgan fingerprint density at radius 1 is 1.43 bits per heavy atom. The van der Waals surface area contributed by atoms with Crippen LogP contribution in [-0.2, 0) is 20.7 Å². The summed E-state index contributed by atoms with van der Waals surface area (Å²) >= 11 is 3.42. The minimum atomic E-state index is -0.714. The van der Waals surface area contributed by atoms with Crippen LogP contribution in [0.3, 0.4) is 0 Å². The smallest absolute Gasteiger partial charge is 0.328 e. The molecule has 0 saturated heterocycles. The molecule has 1 aliphatic heterocycles. The number of methoxy groups -OCH3 is 2. The van der Waals surface area contributed by atoms with Gasteiger partial charge in [-0.25, -0.2) is 4.79 Å². The summed E-state index contributed by atoms with van der Waals surface area (Å²) in [5.74, 6) is 0.376. The highest BCUT2D eigenvalue weighted by Crippen LogP contribution is 2.37. The molecule has 6 nitrogen and oxygen atoms in total. The predicted molar refractivity (Wildman–Crippen MR) is 78.5 cm³/mol. The van der Waals surface area contributed by atoms with E-state index in [-0.39, 0.29) is 18.9 Å². The monoisotopic (exact) mass is 357 g/mol. The highest BCUT2D eigenvalue weighted by molar-refractivity contribution is 9.10. The van der Waals surface area contributed by atoms with Crippen LogP contribution in [0.15, 0.2) is 16.6 Å². The molecule has 1 amide bonds. The number of amides is 1. The van der Waals surface area contributed by atoms with E-state index in [0.717, 1.165) is 10.0 Å². The highest BCUT2D eigenvalue weighted by Gasteiger charge is 2.24. The molecule has 0 radical (unpaired) electrons. The molecular formula is C14H16BrNO5. The normalized spacial score (nSPS) is 18.2. The van der Waals surface area contributed by atoms with E-state index in [1.54, 1.807) is 13.2 Å². The fourth-order valence-electron chi connectivity index (χ4n) is 2.14. The van der Waals surface area contributed by atoms with Crippen LogP contribution in [0.25, 0.3) is 0 Å². The third-order valence-electron chi connectivity index (χ3n) is 3.12. The first-order valence-electron chi connectivity index (χ1n) is 6.41. The lowest BCUT2D eigenvalue weighted by atomic mass is 10.0. The number of esters is 1. The lowest BCUT2D eigenvalue weighted by Gasteiger charge is -2.20. The zero-order valence-corrected chi connectivity index (χ0v) is 13.4. The summed E-state index contributed by atoms with van der Waals surface area (Å²) in [6.45, 7) is 0.200. The number of fused-ring (bicyclic) bond motifs is 2. The fourth-order valence-corrected chi connectivity index (χ4v) is 2.79. The van der Waals surface area contributed by atoms with Gasteiger partial charge in [0.25, 0.3) is 0 Å². The van der Waals surface area contributed by atoms with Gasteiger partial charge in [0.1, 0.15) is 6.04 Å². The second-order valence-electron chi connectivity index (χ2n) is 4.55. The maximum absolute atomic E-state index is 11.8. The Morgan fingerprint density at radius 2 is 2.19 bits per heavy atom. The number of nitrogens with one attached hydrogen (secondary N) is 1.